The molecule has 1 aromatic heterocycles. The molecule has 0 saturated heterocycles. The smallest absolute Gasteiger partial charge is 0.336 e. The molecule has 0 atom stereocenters. The van der Waals surface area contributed by atoms with Crippen molar-refractivity contribution in [3.05, 3.63) is 78.1 Å². The zero-order chi connectivity index (χ0) is 20.3. The molecule has 0 N–H and O–H groups in total. The molecule has 5 nitrogen and oxygen atoms in total. The summed E-state index contributed by atoms with van der Waals surface area (Å²) in [5.74, 6) is 7.71. The second-order valence-electron chi connectivity index (χ2n) is 6.41. The Bertz CT molecular complexity index is 1270. The van der Waals surface area contributed by atoms with Gasteiger partial charge < -0.3 is 4.55 Å². The highest BCUT2D eigenvalue weighted by molar-refractivity contribution is 7.84. The molecule has 1 heterocycles. The number of rotatable bonds is 0. The predicted molar refractivity (Wildman–Crippen MR) is 110 cm³/mol. The first-order valence-electron chi connectivity index (χ1n) is 8.60. The lowest BCUT2D eigenvalue weighted by Crippen LogP contribution is -2.31. The lowest BCUT2D eigenvalue weighted by Gasteiger charge is -1.99. The third kappa shape index (κ3) is 4.39. The van der Waals surface area contributed by atoms with E-state index in [-0.39, 0.29) is 0 Å². The van der Waals surface area contributed by atoms with Crippen LogP contribution in [0.1, 0.15) is 11.4 Å². The minimum absolute atomic E-state index is 0.604. The summed E-state index contributed by atoms with van der Waals surface area (Å²) < 4.78 is 31.5. The van der Waals surface area contributed by atoms with Gasteiger partial charge in [-0.3, -0.25) is 0 Å². The molecule has 0 saturated carbocycles. The SMILES string of the molecule is CS(=O)(=O)[O-].Cn1c(C#Cc2cccc3ccccc23)[n+](C)c2ccccc21. The van der Waals surface area contributed by atoms with Gasteiger partial charge in [-0.25, -0.2) is 17.6 Å². The second-order valence-corrected chi connectivity index (χ2v) is 7.82. The van der Waals surface area contributed by atoms with E-state index in [2.05, 4.69) is 102 Å². The summed E-state index contributed by atoms with van der Waals surface area (Å²) in [5, 5.41) is 2.42. The second kappa shape index (κ2) is 7.85. The van der Waals surface area contributed by atoms with Crippen molar-refractivity contribution in [2.45, 2.75) is 0 Å². The topological polar surface area (TPSA) is 66.0 Å². The normalized spacial score (nSPS) is 10.9. The lowest BCUT2D eigenvalue weighted by atomic mass is 10.1. The summed E-state index contributed by atoms with van der Waals surface area (Å²) in [6.07, 6.45) is 0.604. The van der Waals surface area contributed by atoms with Crippen LogP contribution >= 0.6 is 0 Å². The molecule has 4 rings (SSSR count). The molecule has 0 radical (unpaired) electrons. The fourth-order valence-electron chi connectivity index (χ4n) is 3.11. The van der Waals surface area contributed by atoms with Crippen LogP contribution in [0.5, 0.6) is 0 Å². The molecule has 0 aliphatic carbocycles. The van der Waals surface area contributed by atoms with Crippen molar-refractivity contribution in [2.75, 3.05) is 6.26 Å². The Labute approximate surface area is 164 Å². The number of imidazole rings is 1. The third-order valence-electron chi connectivity index (χ3n) is 4.34. The third-order valence-corrected chi connectivity index (χ3v) is 4.34. The first-order chi connectivity index (χ1) is 13.3. The number of hydrogen-bond acceptors (Lipinski definition) is 3. The molecule has 142 valence electrons. The molecule has 28 heavy (non-hydrogen) atoms. The first-order valence-corrected chi connectivity index (χ1v) is 10.4. The molecule has 0 amide bonds. The van der Waals surface area contributed by atoms with Crippen molar-refractivity contribution in [1.82, 2.24) is 4.57 Å². The minimum atomic E-state index is -3.92. The van der Waals surface area contributed by atoms with Gasteiger partial charge in [0.2, 0.25) is 0 Å². The van der Waals surface area contributed by atoms with Gasteiger partial charge in [0.15, 0.2) is 11.0 Å². The van der Waals surface area contributed by atoms with Crippen LogP contribution in [0.4, 0.5) is 0 Å². The van der Waals surface area contributed by atoms with Crippen molar-refractivity contribution >= 4 is 31.9 Å². The minimum Gasteiger partial charge on any atom is -0.748 e. The van der Waals surface area contributed by atoms with Crippen LogP contribution in [-0.4, -0.2) is 23.8 Å². The first kappa shape index (κ1) is 19.6. The Morgan fingerprint density at radius 1 is 0.929 bits per heavy atom. The van der Waals surface area contributed by atoms with Gasteiger partial charge in [0.1, 0.15) is 0 Å². The number of aromatic nitrogens is 2. The molecule has 0 aliphatic rings. The van der Waals surface area contributed by atoms with Crippen LogP contribution in [0.2, 0.25) is 0 Å². The molecule has 6 heteroatoms. The Balaban J connectivity index is 0.000000403. The van der Waals surface area contributed by atoms with E-state index >= 15 is 0 Å². The standard InChI is InChI=1S/C21H17N2.CH4O3S/c1-22-19-12-5-6-13-20(19)23(2)21(22)15-14-17-10-7-9-16-8-3-4-11-18(16)17;1-5(2,3)4/h3-13H,1-2H3;1H3,(H,2,3,4)/q+1;/p-1. The number of fused-ring (bicyclic) bond motifs is 2. The van der Waals surface area contributed by atoms with E-state index in [0.29, 0.717) is 6.26 Å². The summed E-state index contributed by atoms with van der Waals surface area (Å²) in [6, 6.07) is 23.0. The molecule has 0 fully saturated rings. The van der Waals surface area contributed by atoms with Gasteiger partial charge in [0, 0.05) is 17.7 Å². The number of hydrogen-bond donors (Lipinski definition) is 0. The summed E-state index contributed by atoms with van der Waals surface area (Å²) in [7, 11) is 0.213. The Morgan fingerprint density at radius 3 is 2.25 bits per heavy atom. The van der Waals surface area contributed by atoms with E-state index < -0.39 is 10.1 Å². The fourth-order valence-corrected chi connectivity index (χ4v) is 3.11. The summed E-state index contributed by atoms with van der Waals surface area (Å²) >= 11 is 0. The van der Waals surface area contributed by atoms with E-state index in [9.17, 15) is 0 Å². The van der Waals surface area contributed by atoms with Gasteiger partial charge in [-0.05, 0) is 29.0 Å². The van der Waals surface area contributed by atoms with Crippen molar-refractivity contribution in [2.24, 2.45) is 14.1 Å². The molecule has 4 aromatic rings. The van der Waals surface area contributed by atoms with Crippen LogP contribution in [0.3, 0.4) is 0 Å². The Morgan fingerprint density at radius 2 is 1.54 bits per heavy atom. The number of benzene rings is 3. The molecule has 0 unspecified atom stereocenters. The van der Waals surface area contributed by atoms with Gasteiger partial charge in [-0.1, -0.05) is 54.5 Å². The number of nitrogens with zero attached hydrogens (tertiary/aromatic N) is 2. The maximum atomic E-state index is 9.08. The van der Waals surface area contributed by atoms with Crippen molar-refractivity contribution < 1.29 is 17.5 Å². The Kier molecular flexibility index (Phi) is 5.50. The molecular weight excluding hydrogens is 372 g/mol. The van der Waals surface area contributed by atoms with E-state index in [1.807, 2.05) is 0 Å². The fraction of sp³-hybridized carbons (Fsp3) is 0.136. The number of para-hydroxylation sites is 2. The summed E-state index contributed by atoms with van der Waals surface area (Å²) in [6.45, 7) is 0. The quantitative estimate of drug-likeness (QED) is 0.263. The van der Waals surface area contributed by atoms with Gasteiger partial charge in [0.05, 0.1) is 24.2 Å². The van der Waals surface area contributed by atoms with Crippen LogP contribution < -0.4 is 4.57 Å². The van der Waals surface area contributed by atoms with Crippen molar-refractivity contribution in [3.63, 3.8) is 0 Å². The van der Waals surface area contributed by atoms with Crippen molar-refractivity contribution in [3.8, 4) is 11.8 Å². The molecule has 0 bridgehead atoms. The zero-order valence-electron chi connectivity index (χ0n) is 15.9. The summed E-state index contributed by atoms with van der Waals surface area (Å²) in [5.41, 5.74) is 3.45. The highest BCUT2D eigenvalue weighted by Gasteiger charge is 2.17. The summed E-state index contributed by atoms with van der Waals surface area (Å²) in [4.78, 5) is 0. The van der Waals surface area contributed by atoms with Crippen LogP contribution in [0.15, 0.2) is 66.7 Å². The van der Waals surface area contributed by atoms with Gasteiger partial charge in [-0.2, -0.15) is 0 Å². The van der Waals surface area contributed by atoms with Crippen molar-refractivity contribution in [1.29, 1.82) is 0 Å². The largest absolute Gasteiger partial charge is 0.748 e. The van der Waals surface area contributed by atoms with Gasteiger partial charge >= 0.3 is 5.82 Å². The maximum absolute atomic E-state index is 9.08. The monoisotopic (exact) mass is 392 g/mol. The van der Waals surface area contributed by atoms with E-state index in [1.54, 1.807) is 0 Å². The number of aryl methyl sites for hydroxylation is 2. The Hall–Kier alpha value is -3.14. The molecular formula is C22H20N2O3S. The van der Waals surface area contributed by atoms with Gasteiger partial charge in [0.25, 0.3) is 0 Å². The zero-order valence-corrected chi connectivity index (χ0v) is 16.7. The molecule has 0 spiro atoms. The van der Waals surface area contributed by atoms with E-state index in [0.717, 1.165) is 11.4 Å². The predicted octanol–water partition coefficient (Wildman–Crippen LogP) is 2.72. The average Bonchev–Trinajstić information content (AvgIpc) is 2.90. The highest BCUT2D eigenvalue weighted by atomic mass is 32.2. The molecule has 0 aliphatic heterocycles. The van der Waals surface area contributed by atoms with Crippen LogP contribution in [0, 0.1) is 11.8 Å². The average molecular weight is 392 g/mol. The molecule has 3 aromatic carbocycles. The maximum Gasteiger partial charge on any atom is 0.336 e. The van der Waals surface area contributed by atoms with Gasteiger partial charge in [-0.15, -0.1) is 0 Å². The highest BCUT2D eigenvalue weighted by Crippen LogP contribution is 2.18. The lowest BCUT2D eigenvalue weighted by molar-refractivity contribution is -0.648. The van der Waals surface area contributed by atoms with E-state index in [4.69, 9.17) is 13.0 Å². The van der Waals surface area contributed by atoms with Crippen LogP contribution in [0.25, 0.3) is 21.8 Å². The van der Waals surface area contributed by atoms with E-state index in [1.165, 1.54) is 21.8 Å². The van der Waals surface area contributed by atoms with Crippen LogP contribution in [-0.2, 0) is 24.2 Å².